The highest BCUT2D eigenvalue weighted by atomic mass is 32.1. The number of benzene rings is 1. The van der Waals surface area contributed by atoms with Gasteiger partial charge in [-0.15, -0.1) is 0 Å². The predicted molar refractivity (Wildman–Crippen MR) is 141 cm³/mol. The average Bonchev–Trinajstić information content (AvgIpc) is 3.66. The molecular formula is C27H31N5O2S. The summed E-state index contributed by atoms with van der Waals surface area (Å²) in [6.45, 7) is 5.10. The first-order valence-electron chi connectivity index (χ1n) is 12.5. The molecule has 7 nitrogen and oxygen atoms in total. The van der Waals surface area contributed by atoms with E-state index in [-0.39, 0.29) is 18.2 Å². The second-order valence-corrected chi connectivity index (χ2v) is 9.72. The summed E-state index contributed by atoms with van der Waals surface area (Å²) < 4.78 is 13.8. The van der Waals surface area contributed by atoms with Crippen molar-refractivity contribution in [3.63, 3.8) is 0 Å². The fourth-order valence-corrected chi connectivity index (χ4v) is 5.79. The van der Waals surface area contributed by atoms with Gasteiger partial charge in [-0.2, -0.15) is 0 Å². The lowest BCUT2D eigenvalue weighted by Crippen LogP contribution is -2.36. The standard InChI is InChI=1S/C27H31N5O2S/c35-27-29-25(23-6-1-2-12-28-23)26(24-7-3-13-31(24)19-22-5-4-16-34-22)32(27)21-10-8-20(9-11-21)30-14-17-33-18-15-30/h1-3,6-13,22,25-26H,4-5,14-19H2,(H,29,35)/t22-,25+,26+/m0/s1. The maximum Gasteiger partial charge on any atom is 0.174 e. The first kappa shape index (κ1) is 22.5. The molecule has 3 saturated heterocycles. The van der Waals surface area contributed by atoms with Crippen molar-refractivity contribution >= 4 is 28.7 Å². The van der Waals surface area contributed by atoms with Crippen molar-refractivity contribution in [3.8, 4) is 0 Å². The molecule has 0 radical (unpaired) electrons. The molecule has 2 aromatic heterocycles. The zero-order valence-corrected chi connectivity index (χ0v) is 20.6. The predicted octanol–water partition coefficient (Wildman–Crippen LogP) is 4.08. The van der Waals surface area contributed by atoms with Gasteiger partial charge in [0.25, 0.3) is 0 Å². The van der Waals surface area contributed by atoms with E-state index >= 15 is 0 Å². The molecule has 1 N–H and O–H groups in total. The summed E-state index contributed by atoms with van der Waals surface area (Å²) in [5.41, 5.74) is 4.49. The highest BCUT2D eigenvalue weighted by molar-refractivity contribution is 7.80. The number of anilines is 2. The summed E-state index contributed by atoms with van der Waals surface area (Å²) in [5.74, 6) is 0. The molecule has 3 aliphatic heterocycles. The van der Waals surface area contributed by atoms with Crippen LogP contribution >= 0.6 is 12.2 Å². The number of morpholine rings is 1. The van der Waals surface area contributed by atoms with Crippen LogP contribution in [0.4, 0.5) is 11.4 Å². The first-order valence-corrected chi connectivity index (χ1v) is 12.9. The molecule has 3 fully saturated rings. The number of aromatic nitrogens is 2. The van der Waals surface area contributed by atoms with E-state index in [4.69, 9.17) is 26.7 Å². The van der Waals surface area contributed by atoms with E-state index in [9.17, 15) is 0 Å². The Labute approximate surface area is 211 Å². The molecule has 3 atom stereocenters. The van der Waals surface area contributed by atoms with E-state index < -0.39 is 0 Å². The molecule has 182 valence electrons. The van der Waals surface area contributed by atoms with Crippen molar-refractivity contribution in [2.24, 2.45) is 0 Å². The number of rotatable bonds is 6. The van der Waals surface area contributed by atoms with Crippen molar-refractivity contribution in [2.75, 3.05) is 42.7 Å². The van der Waals surface area contributed by atoms with E-state index in [1.54, 1.807) is 0 Å². The summed E-state index contributed by atoms with van der Waals surface area (Å²) in [5, 5.41) is 4.30. The van der Waals surface area contributed by atoms with Crippen LogP contribution in [0, 0.1) is 0 Å². The van der Waals surface area contributed by atoms with Crippen molar-refractivity contribution in [1.29, 1.82) is 0 Å². The number of thiocarbonyl (C=S) groups is 1. The van der Waals surface area contributed by atoms with E-state index in [0.717, 1.165) is 68.8 Å². The van der Waals surface area contributed by atoms with Crippen LogP contribution < -0.4 is 15.1 Å². The van der Waals surface area contributed by atoms with Crippen LogP contribution in [-0.2, 0) is 16.0 Å². The molecule has 35 heavy (non-hydrogen) atoms. The Morgan fingerprint density at radius 3 is 2.54 bits per heavy atom. The van der Waals surface area contributed by atoms with Crippen LogP contribution in [0.3, 0.4) is 0 Å². The van der Waals surface area contributed by atoms with Crippen molar-refractivity contribution in [3.05, 3.63) is 78.4 Å². The third-order valence-corrected chi connectivity index (χ3v) is 7.51. The molecule has 0 aliphatic carbocycles. The molecule has 3 aromatic rings. The number of ether oxygens (including phenoxy) is 2. The van der Waals surface area contributed by atoms with Gasteiger partial charge in [0.05, 0.1) is 31.1 Å². The van der Waals surface area contributed by atoms with E-state index in [0.29, 0.717) is 0 Å². The van der Waals surface area contributed by atoms with Gasteiger partial charge in [-0.1, -0.05) is 6.07 Å². The van der Waals surface area contributed by atoms with Crippen LogP contribution in [0.25, 0.3) is 0 Å². The van der Waals surface area contributed by atoms with E-state index in [1.165, 1.54) is 11.4 Å². The highest BCUT2D eigenvalue weighted by Crippen LogP contribution is 2.42. The third kappa shape index (κ3) is 4.53. The molecule has 0 bridgehead atoms. The van der Waals surface area contributed by atoms with Crippen LogP contribution in [0.2, 0.25) is 0 Å². The quantitative estimate of drug-likeness (QED) is 0.524. The van der Waals surface area contributed by atoms with Gasteiger partial charge in [-0.05, 0) is 73.6 Å². The van der Waals surface area contributed by atoms with Gasteiger partial charge in [0.2, 0.25) is 0 Å². The summed E-state index contributed by atoms with van der Waals surface area (Å²) >= 11 is 5.92. The highest BCUT2D eigenvalue weighted by Gasteiger charge is 2.42. The molecule has 8 heteroatoms. The summed E-state index contributed by atoms with van der Waals surface area (Å²) in [7, 11) is 0. The molecule has 6 rings (SSSR count). The Kier molecular flexibility index (Phi) is 6.41. The molecular weight excluding hydrogens is 458 g/mol. The average molecular weight is 490 g/mol. The topological polar surface area (TPSA) is 54.8 Å². The fourth-order valence-electron chi connectivity index (χ4n) is 5.45. The van der Waals surface area contributed by atoms with Crippen LogP contribution in [0.5, 0.6) is 0 Å². The lowest BCUT2D eigenvalue weighted by molar-refractivity contribution is 0.0961. The Bertz CT molecular complexity index is 1140. The normalized spacial score (nSPS) is 24.7. The van der Waals surface area contributed by atoms with Crippen LogP contribution in [-0.4, -0.2) is 53.7 Å². The van der Waals surface area contributed by atoms with Gasteiger partial charge < -0.3 is 29.2 Å². The fraction of sp³-hybridized carbons (Fsp3) is 0.407. The molecule has 0 unspecified atom stereocenters. The minimum absolute atomic E-state index is 0.0250. The summed E-state index contributed by atoms with van der Waals surface area (Å²) in [6, 6.07) is 19.1. The van der Waals surface area contributed by atoms with E-state index in [2.05, 4.69) is 68.3 Å². The Morgan fingerprint density at radius 1 is 0.971 bits per heavy atom. The molecule has 3 aliphatic rings. The third-order valence-electron chi connectivity index (χ3n) is 7.19. The van der Waals surface area contributed by atoms with Crippen LogP contribution in [0.1, 0.15) is 36.3 Å². The maximum absolute atomic E-state index is 5.96. The molecule has 0 amide bonds. The van der Waals surface area contributed by atoms with Gasteiger partial charge >= 0.3 is 0 Å². The Morgan fingerprint density at radius 2 is 1.80 bits per heavy atom. The zero-order chi connectivity index (χ0) is 23.6. The van der Waals surface area contributed by atoms with Crippen molar-refractivity contribution in [2.45, 2.75) is 37.6 Å². The smallest absolute Gasteiger partial charge is 0.174 e. The maximum atomic E-state index is 5.96. The molecule has 0 saturated carbocycles. The molecule has 1 aromatic carbocycles. The van der Waals surface area contributed by atoms with Gasteiger partial charge in [0.1, 0.15) is 6.04 Å². The SMILES string of the molecule is S=C1N[C@H](c2ccccn2)[C@@H](c2cccn2C[C@@H]2CCCO2)N1c1ccc(N2CCOCC2)cc1. The minimum atomic E-state index is -0.0548. The van der Waals surface area contributed by atoms with Gasteiger partial charge in [0, 0.05) is 55.7 Å². The number of pyridine rings is 1. The largest absolute Gasteiger partial charge is 0.378 e. The van der Waals surface area contributed by atoms with Gasteiger partial charge in [-0.3, -0.25) is 4.98 Å². The van der Waals surface area contributed by atoms with Crippen molar-refractivity contribution < 1.29 is 9.47 Å². The number of hydrogen-bond donors (Lipinski definition) is 1. The second kappa shape index (κ2) is 9.97. The Hall–Kier alpha value is -2.94. The monoisotopic (exact) mass is 489 g/mol. The Balaban J connectivity index is 1.35. The van der Waals surface area contributed by atoms with E-state index in [1.807, 2.05) is 18.3 Å². The molecule has 5 heterocycles. The lowest BCUT2D eigenvalue weighted by Gasteiger charge is -2.31. The molecule has 0 spiro atoms. The summed E-state index contributed by atoms with van der Waals surface area (Å²) in [6.07, 6.45) is 6.51. The number of hydrogen-bond acceptors (Lipinski definition) is 5. The second-order valence-electron chi connectivity index (χ2n) is 9.33. The first-order chi connectivity index (χ1) is 17.3. The van der Waals surface area contributed by atoms with Gasteiger partial charge in [0.15, 0.2) is 5.11 Å². The zero-order valence-electron chi connectivity index (χ0n) is 19.8. The van der Waals surface area contributed by atoms with Gasteiger partial charge in [-0.25, -0.2) is 0 Å². The van der Waals surface area contributed by atoms with Crippen molar-refractivity contribution in [1.82, 2.24) is 14.9 Å². The number of nitrogens with zero attached hydrogens (tertiary/aromatic N) is 4. The minimum Gasteiger partial charge on any atom is -0.378 e. The summed E-state index contributed by atoms with van der Waals surface area (Å²) in [4.78, 5) is 9.31. The number of nitrogens with one attached hydrogen (secondary N) is 1. The van der Waals surface area contributed by atoms with Crippen LogP contribution in [0.15, 0.2) is 67.0 Å². The lowest BCUT2D eigenvalue weighted by atomic mass is 10.0.